The number of rotatable bonds is 3. The first-order valence-electron chi connectivity index (χ1n) is 9.12. The molecule has 1 amide bonds. The predicted molar refractivity (Wildman–Crippen MR) is 106 cm³/mol. The van der Waals surface area contributed by atoms with Gasteiger partial charge in [0.2, 0.25) is 0 Å². The van der Waals surface area contributed by atoms with Crippen LogP contribution in [0.25, 0.3) is 22.2 Å². The Morgan fingerprint density at radius 2 is 1.93 bits per heavy atom. The SMILES string of the molecule is O=C(Nc1cccc(-c2n[nH]c3c2CCC3)c1)c1ccc2ccccc2n1. The normalized spacial score (nSPS) is 12.9. The first-order valence-corrected chi connectivity index (χ1v) is 9.12. The van der Waals surface area contributed by atoms with Crippen LogP contribution in [-0.4, -0.2) is 21.1 Å². The highest BCUT2D eigenvalue weighted by atomic mass is 16.1. The number of hydrogen-bond donors (Lipinski definition) is 2. The van der Waals surface area contributed by atoms with Crippen LogP contribution in [0, 0.1) is 0 Å². The van der Waals surface area contributed by atoms with Crippen molar-refractivity contribution in [1.82, 2.24) is 15.2 Å². The number of nitrogens with one attached hydrogen (secondary N) is 2. The Hall–Kier alpha value is -3.47. The number of hydrogen-bond acceptors (Lipinski definition) is 3. The fourth-order valence-corrected chi connectivity index (χ4v) is 3.69. The fraction of sp³-hybridized carbons (Fsp3) is 0.136. The summed E-state index contributed by atoms with van der Waals surface area (Å²) >= 11 is 0. The standard InChI is InChI=1S/C22H18N4O/c27-22(20-12-11-14-5-1-2-9-18(14)24-20)23-16-7-3-6-15(13-16)21-17-8-4-10-19(17)25-26-21/h1-3,5-7,9,11-13H,4,8,10H2,(H,23,27)(H,25,26). The Morgan fingerprint density at radius 1 is 1.00 bits per heavy atom. The van der Waals surface area contributed by atoms with E-state index in [9.17, 15) is 4.79 Å². The highest BCUT2D eigenvalue weighted by Crippen LogP contribution is 2.31. The van der Waals surface area contributed by atoms with Gasteiger partial charge < -0.3 is 5.32 Å². The number of fused-ring (bicyclic) bond motifs is 2. The molecule has 5 rings (SSSR count). The topological polar surface area (TPSA) is 70.7 Å². The summed E-state index contributed by atoms with van der Waals surface area (Å²) < 4.78 is 0. The molecular weight excluding hydrogens is 336 g/mol. The number of aryl methyl sites for hydroxylation is 1. The van der Waals surface area contributed by atoms with Crippen LogP contribution in [0.15, 0.2) is 60.7 Å². The van der Waals surface area contributed by atoms with E-state index in [2.05, 4.69) is 20.5 Å². The van der Waals surface area contributed by atoms with Crippen molar-refractivity contribution in [1.29, 1.82) is 0 Å². The first-order chi connectivity index (χ1) is 13.3. The van der Waals surface area contributed by atoms with Crippen molar-refractivity contribution < 1.29 is 4.79 Å². The maximum absolute atomic E-state index is 12.6. The van der Waals surface area contributed by atoms with E-state index in [1.54, 1.807) is 6.07 Å². The van der Waals surface area contributed by atoms with Gasteiger partial charge in [-0.2, -0.15) is 5.10 Å². The molecule has 5 heteroatoms. The molecule has 0 unspecified atom stereocenters. The molecule has 0 saturated carbocycles. The summed E-state index contributed by atoms with van der Waals surface area (Å²) in [4.78, 5) is 17.1. The second kappa shape index (κ2) is 6.36. The van der Waals surface area contributed by atoms with Crippen molar-refractivity contribution in [2.45, 2.75) is 19.3 Å². The van der Waals surface area contributed by atoms with E-state index in [-0.39, 0.29) is 5.91 Å². The summed E-state index contributed by atoms with van der Waals surface area (Å²) in [5.41, 5.74) is 6.49. The van der Waals surface area contributed by atoms with Crippen LogP contribution >= 0.6 is 0 Å². The zero-order valence-corrected chi connectivity index (χ0v) is 14.7. The number of aromatic nitrogens is 3. The number of carbonyl (C=O) groups excluding carboxylic acids is 1. The number of nitrogens with zero attached hydrogens (tertiary/aromatic N) is 2. The zero-order valence-electron chi connectivity index (χ0n) is 14.7. The molecule has 0 spiro atoms. The van der Waals surface area contributed by atoms with Crippen molar-refractivity contribution in [3.05, 3.63) is 77.6 Å². The fourth-order valence-electron chi connectivity index (χ4n) is 3.69. The molecule has 0 saturated heterocycles. The van der Waals surface area contributed by atoms with Crippen LogP contribution in [0.1, 0.15) is 28.2 Å². The van der Waals surface area contributed by atoms with E-state index in [1.807, 2.05) is 54.6 Å². The van der Waals surface area contributed by atoms with Gasteiger partial charge in [0, 0.05) is 27.9 Å². The second-order valence-corrected chi connectivity index (χ2v) is 6.81. The van der Waals surface area contributed by atoms with Crippen LogP contribution in [-0.2, 0) is 12.8 Å². The molecule has 4 aromatic rings. The highest BCUT2D eigenvalue weighted by Gasteiger charge is 2.19. The van der Waals surface area contributed by atoms with E-state index in [4.69, 9.17) is 0 Å². The Balaban J connectivity index is 1.42. The minimum atomic E-state index is -0.217. The Kier molecular flexibility index (Phi) is 3.71. The summed E-state index contributed by atoms with van der Waals surface area (Å²) in [5.74, 6) is -0.217. The summed E-state index contributed by atoms with van der Waals surface area (Å²) in [6.45, 7) is 0. The molecular formula is C22H18N4O. The minimum Gasteiger partial charge on any atom is -0.321 e. The number of aromatic amines is 1. The third kappa shape index (κ3) is 2.87. The van der Waals surface area contributed by atoms with E-state index in [1.165, 1.54) is 17.7 Å². The van der Waals surface area contributed by atoms with E-state index < -0.39 is 0 Å². The van der Waals surface area contributed by atoms with Gasteiger partial charge in [-0.3, -0.25) is 9.89 Å². The van der Waals surface area contributed by atoms with Gasteiger partial charge in [0.1, 0.15) is 5.69 Å². The van der Waals surface area contributed by atoms with Gasteiger partial charge >= 0.3 is 0 Å². The van der Waals surface area contributed by atoms with Gasteiger partial charge in [0.15, 0.2) is 0 Å². The molecule has 2 aromatic heterocycles. The molecule has 27 heavy (non-hydrogen) atoms. The molecule has 0 atom stereocenters. The number of anilines is 1. The van der Waals surface area contributed by atoms with Crippen LogP contribution in [0.2, 0.25) is 0 Å². The van der Waals surface area contributed by atoms with Gasteiger partial charge in [-0.25, -0.2) is 4.98 Å². The lowest BCUT2D eigenvalue weighted by Crippen LogP contribution is -2.13. The van der Waals surface area contributed by atoms with Gasteiger partial charge in [0.25, 0.3) is 5.91 Å². The zero-order chi connectivity index (χ0) is 18.2. The molecule has 132 valence electrons. The molecule has 2 N–H and O–H groups in total. The van der Waals surface area contributed by atoms with Crippen molar-refractivity contribution in [2.75, 3.05) is 5.32 Å². The van der Waals surface area contributed by atoms with Gasteiger partial charge in [0.05, 0.1) is 11.2 Å². The number of pyridine rings is 1. The predicted octanol–water partition coefficient (Wildman–Crippen LogP) is 4.37. The van der Waals surface area contributed by atoms with Crippen molar-refractivity contribution in [2.24, 2.45) is 0 Å². The van der Waals surface area contributed by atoms with Crippen LogP contribution in [0.5, 0.6) is 0 Å². The van der Waals surface area contributed by atoms with E-state index in [0.717, 1.165) is 40.7 Å². The molecule has 0 bridgehead atoms. The molecule has 5 nitrogen and oxygen atoms in total. The maximum Gasteiger partial charge on any atom is 0.274 e. The maximum atomic E-state index is 12.6. The van der Waals surface area contributed by atoms with Crippen LogP contribution < -0.4 is 5.32 Å². The molecule has 1 aliphatic carbocycles. The van der Waals surface area contributed by atoms with Crippen molar-refractivity contribution in [3.8, 4) is 11.3 Å². The molecule has 1 aliphatic rings. The molecule has 0 aliphatic heterocycles. The summed E-state index contributed by atoms with van der Waals surface area (Å²) in [6.07, 6.45) is 3.28. The lowest BCUT2D eigenvalue weighted by Gasteiger charge is -2.08. The number of H-pyrrole nitrogens is 1. The number of amides is 1. The van der Waals surface area contributed by atoms with Gasteiger partial charge in [-0.1, -0.05) is 36.4 Å². The quantitative estimate of drug-likeness (QED) is 0.574. The molecule has 0 fully saturated rings. The Bertz CT molecular complexity index is 1160. The summed E-state index contributed by atoms with van der Waals surface area (Å²) in [6, 6.07) is 19.3. The average molecular weight is 354 g/mol. The largest absolute Gasteiger partial charge is 0.321 e. The average Bonchev–Trinajstić information content (AvgIpc) is 3.31. The number of para-hydroxylation sites is 1. The smallest absolute Gasteiger partial charge is 0.274 e. The van der Waals surface area contributed by atoms with Gasteiger partial charge in [-0.15, -0.1) is 0 Å². The lowest BCUT2D eigenvalue weighted by atomic mass is 10.1. The number of benzene rings is 2. The van der Waals surface area contributed by atoms with Crippen molar-refractivity contribution in [3.63, 3.8) is 0 Å². The summed E-state index contributed by atoms with van der Waals surface area (Å²) in [7, 11) is 0. The summed E-state index contributed by atoms with van der Waals surface area (Å²) in [5, 5.41) is 11.6. The minimum absolute atomic E-state index is 0.217. The Morgan fingerprint density at radius 3 is 2.89 bits per heavy atom. The Labute approximate surface area is 156 Å². The third-order valence-corrected chi connectivity index (χ3v) is 5.03. The van der Waals surface area contributed by atoms with Crippen molar-refractivity contribution >= 4 is 22.5 Å². The monoisotopic (exact) mass is 354 g/mol. The molecule has 0 radical (unpaired) electrons. The van der Waals surface area contributed by atoms with Crippen LogP contribution in [0.4, 0.5) is 5.69 Å². The number of carbonyl (C=O) groups is 1. The van der Waals surface area contributed by atoms with Crippen LogP contribution in [0.3, 0.4) is 0 Å². The van der Waals surface area contributed by atoms with E-state index in [0.29, 0.717) is 5.69 Å². The molecule has 2 aromatic carbocycles. The first kappa shape index (κ1) is 15.8. The third-order valence-electron chi connectivity index (χ3n) is 5.03. The molecule has 2 heterocycles. The lowest BCUT2D eigenvalue weighted by molar-refractivity contribution is 0.102. The highest BCUT2D eigenvalue weighted by molar-refractivity contribution is 6.04. The second-order valence-electron chi connectivity index (χ2n) is 6.81. The van der Waals surface area contributed by atoms with Gasteiger partial charge in [-0.05, 0) is 43.5 Å². The van der Waals surface area contributed by atoms with E-state index >= 15 is 0 Å².